The van der Waals surface area contributed by atoms with Gasteiger partial charge in [0.1, 0.15) is 12.1 Å². The van der Waals surface area contributed by atoms with Gasteiger partial charge in [0.25, 0.3) is 10.0 Å². The maximum atomic E-state index is 13.7. The number of hydrogen-bond donors (Lipinski definition) is 1. The maximum absolute atomic E-state index is 13.7. The van der Waals surface area contributed by atoms with E-state index in [2.05, 4.69) is 21.8 Å². The molecule has 0 saturated carbocycles. The summed E-state index contributed by atoms with van der Waals surface area (Å²) in [6, 6.07) is 6.75. The molecule has 187 valence electrons. The van der Waals surface area contributed by atoms with E-state index in [1.807, 2.05) is 6.92 Å². The van der Waals surface area contributed by atoms with Gasteiger partial charge in [-0.2, -0.15) is 0 Å². The van der Waals surface area contributed by atoms with Crippen molar-refractivity contribution in [3.8, 4) is 0 Å². The second kappa shape index (κ2) is 9.22. The molecule has 0 amide bonds. The third-order valence-corrected chi connectivity index (χ3v) is 8.71. The molecule has 0 aliphatic carbocycles. The predicted octanol–water partition coefficient (Wildman–Crippen LogP) is 3.02. The Bertz CT molecular complexity index is 1310. The molecular formula is C25H34BN4O4S. The highest BCUT2D eigenvalue weighted by Crippen LogP contribution is 2.30. The monoisotopic (exact) mass is 497 g/mol. The number of hydrogen-bond acceptors (Lipinski definition) is 7. The van der Waals surface area contributed by atoms with Crippen LogP contribution < -0.4 is 10.4 Å². The zero-order valence-corrected chi connectivity index (χ0v) is 22.1. The van der Waals surface area contributed by atoms with E-state index in [-0.39, 0.29) is 4.90 Å². The number of nitrogens with zero attached hydrogens (tertiary/aromatic N) is 4. The van der Waals surface area contributed by atoms with Crippen LogP contribution in [0.2, 0.25) is 0 Å². The third kappa shape index (κ3) is 4.97. The van der Waals surface area contributed by atoms with Crippen LogP contribution in [0.25, 0.3) is 11.0 Å². The highest BCUT2D eigenvalue weighted by atomic mass is 32.2. The van der Waals surface area contributed by atoms with Crippen LogP contribution in [0.1, 0.15) is 53.0 Å². The van der Waals surface area contributed by atoms with Crippen molar-refractivity contribution < 1.29 is 18.2 Å². The SMILES string of the molecule is Cc1ccc(S(=O)(=O)n2cc([B]OC(C)(C)C(C)(C)O)c3c(N4CCCC(C)C4)ncnc32)cc1. The Balaban J connectivity index is 1.87. The van der Waals surface area contributed by atoms with Crippen LogP contribution >= 0.6 is 0 Å². The van der Waals surface area contributed by atoms with E-state index in [1.54, 1.807) is 52.0 Å². The second-order valence-corrected chi connectivity index (χ2v) is 12.4. The van der Waals surface area contributed by atoms with E-state index < -0.39 is 21.2 Å². The minimum absolute atomic E-state index is 0.177. The number of piperidine rings is 1. The Morgan fingerprint density at radius 1 is 1.14 bits per heavy atom. The van der Waals surface area contributed by atoms with Gasteiger partial charge in [0.05, 0.1) is 21.5 Å². The molecule has 1 saturated heterocycles. The minimum Gasteiger partial charge on any atom is -0.427 e. The standard InChI is InChI=1S/C25H34BN4O4S/c1-17-9-11-19(12-10-17)35(32,33)30-15-20(26-34-25(5,6)24(3,4)31)21-22(27-16-28-23(21)30)29-13-7-8-18(2)14-29/h9-12,15-16,18,31H,7-8,13-14H2,1-6H3. The van der Waals surface area contributed by atoms with Gasteiger partial charge in [-0.25, -0.2) is 22.4 Å². The van der Waals surface area contributed by atoms with Crippen molar-refractivity contribution in [1.82, 2.24) is 13.9 Å². The smallest absolute Gasteiger partial charge is 0.333 e. The highest BCUT2D eigenvalue weighted by Gasteiger charge is 2.37. The van der Waals surface area contributed by atoms with Gasteiger partial charge in [0.15, 0.2) is 5.65 Å². The molecule has 2 aromatic heterocycles. The number of fused-ring (bicyclic) bond motifs is 1. The summed E-state index contributed by atoms with van der Waals surface area (Å²) in [5.41, 5.74) is -0.238. The minimum atomic E-state index is -3.92. The predicted molar refractivity (Wildman–Crippen MR) is 139 cm³/mol. The fraction of sp³-hybridized carbons (Fsp3) is 0.520. The first kappa shape index (κ1) is 25.7. The lowest BCUT2D eigenvalue weighted by atomic mass is 9.82. The fourth-order valence-electron chi connectivity index (χ4n) is 4.12. The van der Waals surface area contributed by atoms with Crippen LogP contribution in [-0.2, 0) is 14.7 Å². The number of aliphatic hydroxyl groups is 1. The van der Waals surface area contributed by atoms with Gasteiger partial charge in [-0.1, -0.05) is 24.6 Å². The molecular weight excluding hydrogens is 463 g/mol. The molecule has 1 radical (unpaired) electrons. The van der Waals surface area contributed by atoms with Crippen LogP contribution in [0.5, 0.6) is 0 Å². The number of rotatable bonds is 7. The maximum Gasteiger partial charge on any atom is 0.333 e. The van der Waals surface area contributed by atoms with Crippen molar-refractivity contribution >= 4 is 39.8 Å². The first-order valence-electron chi connectivity index (χ1n) is 12.0. The summed E-state index contributed by atoms with van der Waals surface area (Å²) in [7, 11) is -2.40. The molecule has 1 aromatic carbocycles. The Morgan fingerprint density at radius 2 is 1.83 bits per heavy atom. The second-order valence-electron chi connectivity index (χ2n) is 10.6. The molecule has 1 aliphatic heterocycles. The Hall–Kier alpha value is -2.43. The van der Waals surface area contributed by atoms with Crippen LogP contribution in [-0.4, -0.2) is 59.2 Å². The van der Waals surface area contributed by atoms with Crippen molar-refractivity contribution in [2.75, 3.05) is 18.0 Å². The summed E-state index contributed by atoms with van der Waals surface area (Å²) in [6.07, 6.45) is 5.14. The molecule has 35 heavy (non-hydrogen) atoms. The van der Waals surface area contributed by atoms with E-state index >= 15 is 0 Å². The summed E-state index contributed by atoms with van der Waals surface area (Å²) in [5.74, 6) is 1.19. The molecule has 8 nitrogen and oxygen atoms in total. The first-order valence-corrected chi connectivity index (χ1v) is 13.4. The van der Waals surface area contributed by atoms with Gasteiger partial charge in [-0.3, -0.25) is 0 Å². The molecule has 3 aromatic rings. The normalized spacial score (nSPS) is 17.7. The molecule has 1 atom stereocenters. The van der Waals surface area contributed by atoms with E-state index in [4.69, 9.17) is 4.65 Å². The van der Waals surface area contributed by atoms with Crippen LogP contribution in [0.15, 0.2) is 41.7 Å². The largest absolute Gasteiger partial charge is 0.427 e. The van der Waals surface area contributed by atoms with E-state index in [0.717, 1.165) is 31.5 Å². The van der Waals surface area contributed by atoms with E-state index in [9.17, 15) is 13.5 Å². The van der Waals surface area contributed by atoms with E-state index in [1.165, 1.54) is 24.0 Å². The van der Waals surface area contributed by atoms with Crippen molar-refractivity contribution in [3.63, 3.8) is 0 Å². The van der Waals surface area contributed by atoms with Gasteiger partial charge in [0.2, 0.25) is 0 Å². The van der Waals surface area contributed by atoms with Gasteiger partial charge in [0, 0.05) is 19.3 Å². The van der Waals surface area contributed by atoms with Gasteiger partial charge < -0.3 is 14.7 Å². The number of benzene rings is 1. The number of aromatic nitrogens is 3. The molecule has 1 N–H and O–H groups in total. The lowest BCUT2D eigenvalue weighted by Crippen LogP contribution is -2.49. The summed E-state index contributed by atoms with van der Waals surface area (Å²) in [6.45, 7) is 12.7. The third-order valence-electron chi connectivity index (χ3n) is 7.05. The number of aryl methyl sites for hydroxylation is 1. The van der Waals surface area contributed by atoms with Gasteiger partial charge in [-0.15, -0.1) is 0 Å². The molecule has 1 unspecified atom stereocenters. The van der Waals surface area contributed by atoms with Crippen LogP contribution in [0, 0.1) is 12.8 Å². The molecule has 1 fully saturated rings. The molecule has 4 rings (SSSR count). The molecule has 0 spiro atoms. The zero-order valence-electron chi connectivity index (χ0n) is 21.3. The molecule has 3 heterocycles. The Labute approximate surface area is 208 Å². The van der Waals surface area contributed by atoms with Gasteiger partial charge >= 0.3 is 7.48 Å². The zero-order chi connectivity index (χ0) is 25.6. The van der Waals surface area contributed by atoms with Gasteiger partial charge in [-0.05, 0) is 71.0 Å². The average Bonchev–Trinajstić information content (AvgIpc) is 3.17. The Kier molecular flexibility index (Phi) is 6.76. The number of anilines is 1. The molecule has 10 heteroatoms. The van der Waals surface area contributed by atoms with Crippen molar-refractivity contribution in [3.05, 3.63) is 42.4 Å². The van der Waals surface area contributed by atoms with Crippen LogP contribution in [0.4, 0.5) is 5.82 Å². The summed E-state index contributed by atoms with van der Waals surface area (Å²) in [5, 5.41) is 11.2. The molecule has 1 aliphatic rings. The quantitative estimate of drug-likeness (QED) is 0.501. The lowest BCUT2D eigenvalue weighted by Gasteiger charge is -2.37. The van der Waals surface area contributed by atoms with Crippen LogP contribution in [0.3, 0.4) is 0 Å². The van der Waals surface area contributed by atoms with Crippen molar-refractivity contribution in [2.24, 2.45) is 5.92 Å². The summed E-state index contributed by atoms with van der Waals surface area (Å²) >= 11 is 0. The Morgan fingerprint density at radius 3 is 2.46 bits per heavy atom. The summed E-state index contributed by atoms with van der Waals surface area (Å²) < 4.78 is 34.6. The highest BCUT2D eigenvalue weighted by molar-refractivity contribution is 7.90. The average molecular weight is 497 g/mol. The van der Waals surface area contributed by atoms with Crippen molar-refractivity contribution in [1.29, 1.82) is 0 Å². The first-order chi connectivity index (χ1) is 16.3. The summed E-state index contributed by atoms with van der Waals surface area (Å²) in [4.78, 5) is 11.4. The van der Waals surface area contributed by atoms with E-state index in [0.29, 0.717) is 28.2 Å². The topological polar surface area (TPSA) is 97.5 Å². The lowest BCUT2D eigenvalue weighted by molar-refractivity contribution is -0.0893. The fourth-order valence-corrected chi connectivity index (χ4v) is 5.44. The molecule has 0 bridgehead atoms. The van der Waals surface area contributed by atoms with Crippen molar-refractivity contribution in [2.45, 2.75) is 70.5 Å².